The summed E-state index contributed by atoms with van der Waals surface area (Å²) in [7, 11) is 0. The normalized spacial score (nSPS) is 11.6. The fourth-order valence-corrected chi connectivity index (χ4v) is 2.25. The third-order valence-electron chi connectivity index (χ3n) is 2.27. The SMILES string of the molecule is C=C/C(Cc1ccccc1)=C(\C=C)SC(=C)C. The van der Waals surface area contributed by atoms with Gasteiger partial charge in [0.15, 0.2) is 0 Å². The largest absolute Gasteiger partial charge is 0.0987 e. The molecular weight excluding hydrogens is 224 g/mol. The zero-order valence-electron chi connectivity index (χ0n) is 10.3. The number of benzene rings is 1. The van der Waals surface area contributed by atoms with Crippen molar-refractivity contribution in [2.45, 2.75) is 13.3 Å². The Hall–Kier alpha value is -1.47. The summed E-state index contributed by atoms with van der Waals surface area (Å²) >= 11 is 1.65. The maximum absolute atomic E-state index is 3.91. The van der Waals surface area contributed by atoms with Gasteiger partial charge in [0.2, 0.25) is 0 Å². The van der Waals surface area contributed by atoms with Gasteiger partial charge in [0.1, 0.15) is 0 Å². The molecule has 1 rings (SSSR count). The van der Waals surface area contributed by atoms with Crippen LogP contribution in [-0.4, -0.2) is 0 Å². The van der Waals surface area contributed by atoms with Gasteiger partial charge < -0.3 is 0 Å². The predicted octanol–water partition coefficient (Wildman–Crippen LogP) is 5.12. The van der Waals surface area contributed by atoms with Crippen molar-refractivity contribution in [2.75, 3.05) is 0 Å². The summed E-state index contributed by atoms with van der Waals surface area (Å²) in [5.74, 6) is 0. The number of hydrogen-bond donors (Lipinski definition) is 0. The number of thioether (sulfide) groups is 1. The van der Waals surface area contributed by atoms with Gasteiger partial charge in [-0.2, -0.15) is 0 Å². The van der Waals surface area contributed by atoms with E-state index in [1.54, 1.807) is 11.8 Å². The first-order valence-corrected chi connectivity index (χ1v) is 6.34. The van der Waals surface area contributed by atoms with Gasteiger partial charge in [-0.05, 0) is 29.4 Å². The van der Waals surface area contributed by atoms with Crippen LogP contribution in [0.2, 0.25) is 0 Å². The topological polar surface area (TPSA) is 0 Å². The van der Waals surface area contributed by atoms with Gasteiger partial charge in [-0.25, -0.2) is 0 Å². The van der Waals surface area contributed by atoms with E-state index in [1.807, 2.05) is 25.1 Å². The Kier molecular flexibility index (Phi) is 5.58. The molecule has 1 aromatic rings. The Morgan fingerprint density at radius 3 is 2.29 bits per heavy atom. The van der Waals surface area contributed by atoms with E-state index in [0.717, 1.165) is 16.2 Å². The van der Waals surface area contributed by atoms with Crippen LogP contribution in [0.25, 0.3) is 0 Å². The molecule has 88 valence electrons. The van der Waals surface area contributed by atoms with Crippen molar-refractivity contribution < 1.29 is 0 Å². The first kappa shape index (κ1) is 13.6. The van der Waals surface area contributed by atoms with E-state index in [-0.39, 0.29) is 0 Å². The summed E-state index contributed by atoms with van der Waals surface area (Å²) in [5, 5.41) is 0. The second kappa shape index (κ2) is 6.97. The minimum atomic E-state index is 0.881. The molecule has 0 aliphatic carbocycles. The van der Waals surface area contributed by atoms with Gasteiger partial charge in [0.05, 0.1) is 0 Å². The van der Waals surface area contributed by atoms with Gasteiger partial charge in [-0.15, -0.1) is 0 Å². The molecule has 0 nitrogen and oxygen atoms in total. The fourth-order valence-electron chi connectivity index (χ4n) is 1.50. The second-order valence-corrected chi connectivity index (χ2v) is 5.11. The molecule has 0 aromatic heterocycles. The zero-order valence-corrected chi connectivity index (χ0v) is 11.1. The molecule has 17 heavy (non-hydrogen) atoms. The summed E-state index contributed by atoms with van der Waals surface area (Å²) in [6.45, 7) is 13.7. The molecule has 0 atom stereocenters. The van der Waals surface area contributed by atoms with Gasteiger partial charge in [-0.1, -0.05) is 74.0 Å². The van der Waals surface area contributed by atoms with Crippen LogP contribution in [0, 0.1) is 0 Å². The van der Waals surface area contributed by atoms with Crippen LogP contribution in [0.1, 0.15) is 12.5 Å². The lowest BCUT2D eigenvalue weighted by Crippen LogP contribution is -1.90. The zero-order chi connectivity index (χ0) is 12.7. The minimum absolute atomic E-state index is 0.881. The van der Waals surface area contributed by atoms with Crippen LogP contribution in [0.4, 0.5) is 0 Å². The van der Waals surface area contributed by atoms with Crippen molar-refractivity contribution in [3.8, 4) is 0 Å². The van der Waals surface area contributed by atoms with Crippen LogP contribution in [0.5, 0.6) is 0 Å². The lowest BCUT2D eigenvalue weighted by molar-refractivity contribution is 1.19. The molecule has 0 bridgehead atoms. The number of hydrogen-bond acceptors (Lipinski definition) is 1. The first-order valence-electron chi connectivity index (χ1n) is 5.52. The monoisotopic (exact) mass is 242 g/mol. The highest BCUT2D eigenvalue weighted by atomic mass is 32.2. The molecule has 0 heterocycles. The van der Waals surface area contributed by atoms with Crippen LogP contribution in [0.3, 0.4) is 0 Å². The van der Waals surface area contributed by atoms with E-state index >= 15 is 0 Å². The molecule has 0 saturated heterocycles. The van der Waals surface area contributed by atoms with Gasteiger partial charge in [0.25, 0.3) is 0 Å². The van der Waals surface area contributed by atoms with E-state index in [9.17, 15) is 0 Å². The number of allylic oxidation sites excluding steroid dienone is 4. The van der Waals surface area contributed by atoms with E-state index in [2.05, 4.69) is 44.0 Å². The van der Waals surface area contributed by atoms with Gasteiger partial charge in [0, 0.05) is 4.91 Å². The molecule has 0 aliphatic rings. The molecule has 0 N–H and O–H groups in total. The lowest BCUT2D eigenvalue weighted by atomic mass is 10.0. The Morgan fingerprint density at radius 2 is 1.82 bits per heavy atom. The van der Waals surface area contributed by atoms with E-state index in [1.165, 1.54) is 11.1 Å². The average Bonchev–Trinajstić information content (AvgIpc) is 2.34. The first-order chi connectivity index (χ1) is 8.17. The van der Waals surface area contributed by atoms with Crippen molar-refractivity contribution in [3.63, 3.8) is 0 Å². The van der Waals surface area contributed by atoms with Crippen molar-refractivity contribution in [2.24, 2.45) is 0 Å². The molecule has 0 fully saturated rings. The molecule has 0 spiro atoms. The maximum atomic E-state index is 3.91. The summed E-state index contributed by atoms with van der Waals surface area (Å²) < 4.78 is 0. The van der Waals surface area contributed by atoms with Crippen molar-refractivity contribution in [3.05, 3.63) is 83.2 Å². The summed E-state index contributed by atoms with van der Waals surface area (Å²) in [5.41, 5.74) is 2.48. The third kappa shape index (κ3) is 4.49. The average molecular weight is 242 g/mol. The molecule has 1 heteroatoms. The van der Waals surface area contributed by atoms with E-state index in [4.69, 9.17) is 0 Å². The van der Waals surface area contributed by atoms with Crippen molar-refractivity contribution in [1.29, 1.82) is 0 Å². The maximum Gasteiger partial charge on any atom is 0.0148 e. The summed E-state index contributed by atoms with van der Waals surface area (Å²) in [6.07, 6.45) is 4.66. The summed E-state index contributed by atoms with van der Waals surface area (Å²) in [6, 6.07) is 10.4. The van der Waals surface area contributed by atoms with Crippen LogP contribution < -0.4 is 0 Å². The van der Waals surface area contributed by atoms with Gasteiger partial charge >= 0.3 is 0 Å². The Balaban J connectivity index is 2.96. The van der Waals surface area contributed by atoms with Crippen molar-refractivity contribution in [1.82, 2.24) is 0 Å². The highest BCUT2D eigenvalue weighted by Gasteiger charge is 2.03. The number of rotatable bonds is 6. The molecule has 1 aromatic carbocycles. The predicted molar refractivity (Wildman–Crippen MR) is 80.0 cm³/mol. The van der Waals surface area contributed by atoms with Crippen LogP contribution >= 0.6 is 11.8 Å². The fraction of sp³-hybridized carbons (Fsp3) is 0.125. The van der Waals surface area contributed by atoms with E-state index < -0.39 is 0 Å². The van der Waals surface area contributed by atoms with Gasteiger partial charge in [-0.3, -0.25) is 0 Å². The molecule has 0 saturated carbocycles. The highest BCUT2D eigenvalue weighted by molar-refractivity contribution is 8.06. The Bertz CT molecular complexity index is 438. The molecular formula is C16H18S. The second-order valence-electron chi connectivity index (χ2n) is 3.76. The summed E-state index contributed by atoms with van der Waals surface area (Å²) in [4.78, 5) is 2.20. The molecule has 0 radical (unpaired) electrons. The van der Waals surface area contributed by atoms with Crippen LogP contribution in [-0.2, 0) is 6.42 Å². The third-order valence-corrected chi connectivity index (χ3v) is 3.27. The highest BCUT2D eigenvalue weighted by Crippen LogP contribution is 2.29. The molecule has 0 aliphatic heterocycles. The standard InChI is InChI=1S/C16H18S/c1-5-15(16(6-2)17-13(3)4)12-14-10-8-7-9-11-14/h5-11H,1-3,12H2,4H3/b16-15-. The quantitative estimate of drug-likeness (QED) is 0.624. The minimum Gasteiger partial charge on any atom is -0.0987 e. The molecule has 0 amide bonds. The smallest absolute Gasteiger partial charge is 0.0148 e. The lowest BCUT2D eigenvalue weighted by Gasteiger charge is -2.09. The van der Waals surface area contributed by atoms with Crippen LogP contribution in [0.15, 0.2) is 77.6 Å². The Labute approximate surface area is 108 Å². The van der Waals surface area contributed by atoms with E-state index in [0.29, 0.717) is 0 Å². The Morgan fingerprint density at radius 1 is 1.18 bits per heavy atom. The molecule has 0 unspecified atom stereocenters. The van der Waals surface area contributed by atoms with Crippen molar-refractivity contribution >= 4 is 11.8 Å².